The lowest BCUT2D eigenvalue weighted by atomic mass is 10.1. The fourth-order valence-corrected chi connectivity index (χ4v) is 2.42. The van der Waals surface area contributed by atoms with Gasteiger partial charge in [0.1, 0.15) is 22.5 Å². The van der Waals surface area contributed by atoms with Crippen LogP contribution < -0.4 is 0 Å². The zero-order valence-corrected chi connectivity index (χ0v) is 12.2. The highest BCUT2D eigenvalue weighted by Gasteiger charge is 2.12. The Morgan fingerprint density at radius 3 is 2.67 bits per heavy atom. The first-order valence-corrected chi connectivity index (χ1v) is 6.92. The Morgan fingerprint density at radius 2 is 1.90 bits per heavy atom. The third-order valence-corrected chi connectivity index (χ3v) is 3.53. The van der Waals surface area contributed by atoms with Gasteiger partial charge in [-0.2, -0.15) is 0 Å². The number of fused-ring (bicyclic) bond motifs is 1. The van der Waals surface area contributed by atoms with Gasteiger partial charge in [0.2, 0.25) is 0 Å². The van der Waals surface area contributed by atoms with E-state index in [9.17, 15) is 5.11 Å². The average molecular weight is 304 g/mol. The Labute approximate surface area is 126 Å². The molecule has 3 rings (SSSR count). The van der Waals surface area contributed by atoms with Crippen LogP contribution in [0.15, 0.2) is 30.3 Å². The van der Waals surface area contributed by atoms with Gasteiger partial charge in [-0.15, -0.1) is 15.0 Å². The first-order chi connectivity index (χ1) is 10.1. The predicted octanol–water partition coefficient (Wildman–Crippen LogP) is 2.62. The largest absolute Gasteiger partial charge is 0.505 e. The molecule has 0 aliphatic heterocycles. The second-order valence-electron chi connectivity index (χ2n) is 4.88. The third-order valence-electron chi connectivity index (χ3n) is 3.30. The molecule has 0 spiro atoms. The third kappa shape index (κ3) is 2.57. The lowest BCUT2D eigenvalue weighted by Gasteiger charge is -2.09. The number of rotatable bonds is 3. The van der Waals surface area contributed by atoms with E-state index in [0.29, 0.717) is 28.2 Å². The summed E-state index contributed by atoms with van der Waals surface area (Å²) in [5.41, 5.74) is 3.49. The number of aryl methyl sites for hydroxylation is 1. The van der Waals surface area contributed by atoms with Crippen LogP contribution in [0.1, 0.15) is 11.1 Å². The van der Waals surface area contributed by atoms with Gasteiger partial charge in [-0.3, -0.25) is 0 Å². The summed E-state index contributed by atoms with van der Waals surface area (Å²) in [5, 5.41) is 28.6. The van der Waals surface area contributed by atoms with E-state index in [1.54, 1.807) is 31.2 Å². The summed E-state index contributed by atoms with van der Waals surface area (Å²) in [4.78, 5) is 1.39. The molecule has 108 valence electrons. The average Bonchev–Trinajstić information content (AvgIpc) is 2.85. The Kier molecular flexibility index (Phi) is 3.53. The molecule has 0 unspecified atom stereocenters. The van der Waals surface area contributed by atoms with Gasteiger partial charge in [-0.1, -0.05) is 17.7 Å². The molecule has 3 aromatic rings. The van der Waals surface area contributed by atoms with E-state index in [1.165, 1.54) is 4.80 Å². The zero-order chi connectivity index (χ0) is 15.0. The summed E-state index contributed by atoms with van der Waals surface area (Å²) in [6.45, 7) is 1.85. The van der Waals surface area contributed by atoms with Crippen molar-refractivity contribution in [2.24, 2.45) is 0 Å². The van der Waals surface area contributed by atoms with Gasteiger partial charge < -0.3 is 10.2 Å². The zero-order valence-electron chi connectivity index (χ0n) is 11.4. The number of aromatic nitrogens is 3. The van der Waals surface area contributed by atoms with Crippen LogP contribution in [0.25, 0.3) is 16.7 Å². The molecule has 0 saturated carbocycles. The monoisotopic (exact) mass is 303 g/mol. The molecule has 5 nitrogen and oxygen atoms in total. The summed E-state index contributed by atoms with van der Waals surface area (Å²) in [5.74, 6) is 0.128. The van der Waals surface area contributed by atoms with Crippen molar-refractivity contribution in [1.29, 1.82) is 0 Å². The van der Waals surface area contributed by atoms with E-state index in [2.05, 4.69) is 10.2 Å². The number of benzene rings is 2. The van der Waals surface area contributed by atoms with Crippen molar-refractivity contribution < 1.29 is 10.2 Å². The van der Waals surface area contributed by atoms with Crippen LogP contribution in [0, 0.1) is 6.92 Å². The number of phenolic OH excluding ortho intramolecular Hbond substituents is 1. The summed E-state index contributed by atoms with van der Waals surface area (Å²) < 4.78 is 0. The van der Waals surface area contributed by atoms with E-state index in [4.69, 9.17) is 16.7 Å². The Bertz CT molecular complexity index is 814. The van der Waals surface area contributed by atoms with Crippen LogP contribution in [-0.2, 0) is 6.42 Å². The number of hydrogen-bond donors (Lipinski definition) is 2. The molecule has 1 heterocycles. The number of hydrogen-bond acceptors (Lipinski definition) is 4. The maximum Gasteiger partial charge on any atom is 0.146 e. The molecule has 0 radical (unpaired) electrons. The number of aliphatic hydroxyl groups is 1. The Balaban J connectivity index is 2.16. The fraction of sp³-hybridized carbons (Fsp3) is 0.200. The first-order valence-electron chi connectivity index (χ1n) is 6.55. The molecule has 6 heteroatoms. The van der Waals surface area contributed by atoms with E-state index in [0.717, 1.165) is 11.1 Å². The lowest BCUT2D eigenvalue weighted by molar-refractivity contribution is 0.299. The van der Waals surface area contributed by atoms with Crippen molar-refractivity contribution in [3.63, 3.8) is 0 Å². The second-order valence-corrected chi connectivity index (χ2v) is 5.31. The van der Waals surface area contributed by atoms with Crippen molar-refractivity contribution in [2.75, 3.05) is 6.61 Å². The lowest BCUT2D eigenvalue weighted by Crippen LogP contribution is -2.02. The highest BCUT2D eigenvalue weighted by molar-refractivity contribution is 6.31. The van der Waals surface area contributed by atoms with Crippen LogP contribution in [0.5, 0.6) is 5.75 Å². The maximum atomic E-state index is 10.2. The maximum absolute atomic E-state index is 10.2. The molecule has 0 saturated heterocycles. The highest BCUT2D eigenvalue weighted by atomic mass is 35.5. The molecule has 2 aromatic carbocycles. The van der Waals surface area contributed by atoms with Crippen LogP contribution in [0.2, 0.25) is 5.02 Å². The van der Waals surface area contributed by atoms with E-state index in [1.807, 2.05) is 6.07 Å². The van der Waals surface area contributed by atoms with Crippen molar-refractivity contribution in [1.82, 2.24) is 15.0 Å². The predicted molar refractivity (Wildman–Crippen MR) is 81.1 cm³/mol. The highest BCUT2D eigenvalue weighted by Crippen LogP contribution is 2.28. The molecular formula is C15H14ClN3O2. The quantitative estimate of drug-likeness (QED) is 0.780. The Hall–Kier alpha value is -2.11. The van der Waals surface area contributed by atoms with Gasteiger partial charge in [0.15, 0.2) is 0 Å². The summed E-state index contributed by atoms with van der Waals surface area (Å²) >= 11 is 5.94. The SMILES string of the molecule is Cc1cc(CCO)cc(-n2nc3ccc(Cl)cc3n2)c1O. The van der Waals surface area contributed by atoms with Gasteiger partial charge in [-0.05, 0) is 48.7 Å². The number of aliphatic hydroxyl groups excluding tert-OH is 1. The van der Waals surface area contributed by atoms with Gasteiger partial charge in [0.25, 0.3) is 0 Å². The normalized spacial score (nSPS) is 11.2. The fourth-order valence-electron chi connectivity index (χ4n) is 2.26. The number of nitrogens with zero attached hydrogens (tertiary/aromatic N) is 3. The van der Waals surface area contributed by atoms with Crippen molar-refractivity contribution in [3.8, 4) is 11.4 Å². The molecule has 0 aliphatic carbocycles. The van der Waals surface area contributed by atoms with Gasteiger partial charge in [-0.25, -0.2) is 0 Å². The van der Waals surface area contributed by atoms with Crippen LogP contribution in [0.3, 0.4) is 0 Å². The van der Waals surface area contributed by atoms with Gasteiger partial charge in [0.05, 0.1) is 0 Å². The summed E-state index contributed by atoms with van der Waals surface area (Å²) in [6, 6.07) is 8.87. The van der Waals surface area contributed by atoms with E-state index in [-0.39, 0.29) is 12.4 Å². The molecule has 0 amide bonds. The molecule has 0 bridgehead atoms. The van der Waals surface area contributed by atoms with Crippen LogP contribution >= 0.6 is 11.6 Å². The van der Waals surface area contributed by atoms with Crippen molar-refractivity contribution >= 4 is 22.6 Å². The first kappa shape index (κ1) is 13.9. The van der Waals surface area contributed by atoms with Crippen molar-refractivity contribution in [2.45, 2.75) is 13.3 Å². The van der Waals surface area contributed by atoms with E-state index < -0.39 is 0 Å². The van der Waals surface area contributed by atoms with Crippen molar-refractivity contribution in [3.05, 3.63) is 46.5 Å². The van der Waals surface area contributed by atoms with Gasteiger partial charge >= 0.3 is 0 Å². The Morgan fingerprint density at radius 1 is 1.14 bits per heavy atom. The molecular weight excluding hydrogens is 290 g/mol. The molecule has 2 N–H and O–H groups in total. The topological polar surface area (TPSA) is 71.2 Å². The number of phenols is 1. The second kappa shape index (κ2) is 5.35. The number of halogens is 1. The molecule has 1 aromatic heterocycles. The molecule has 0 fully saturated rings. The standard InChI is InChI=1S/C15H14ClN3O2/c1-9-6-10(4-5-20)7-14(15(9)21)19-17-12-3-2-11(16)8-13(12)18-19/h2-3,6-8,20-21H,4-5H2,1H3. The minimum atomic E-state index is 0.0494. The van der Waals surface area contributed by atoms with E-state index >= 15 is 0 Å². The van der Waals surface area contributed by atoms with Crippen LogP contribution in [0.4, 0.5) is 0 Å². The molecule has 0 aliphatic rings. The molecule has 0 atom stereocenters. The molecule has 21 heavy (non-hydrogen) atoms. The van der Waals surface area contributed by atoms with Gasteiger partial charge in [0, 0.05) is 11.6 Å². The number of aromatic hydroxyl groups is 1. The minimum Gasteiger partial charge on any atom is -0.505 e. The summed E-state index contributed by atoms with van der Waals surface area (Å²) in [6.07, 6.45) is 0.515. The van der Waals surface area contributed by atoms with Crippen LogP contribution in [-0.4, -0.2) is 31.8 Å². The minimum absolute atomic E-state index is 0.0494. The summed E-state index contributed by atoms with van der Waals surface area (Å²) in [7, 11) is 0. The smallest absolute Gasteiger partial charge is 0.146 e.